The molecule has 4 amide bonds. The van der Waals surface area contributed by atoms with Gasteiger partial charge in [-0.25, -0.2) is 24.7 Å². The van der Waals surface area contributed by atoms with Crippen LogP contribution in [-0.2, 0) is 27.2 Å². The number of amides is 4. The Hall–Kier alpha value is -5.91. The molecule has 4 aliphatic heterocycles. The van der Waals surface area contributed by atoms with E-state index in [0.717, 1.165) is 98.2 Å². The number of carboxylic acids is 1. The molecule has 0 aliphatic carbocycles. The van der Waals surface area contributed by atoms with Crippen LogP contribution in [0, 0.1) is 25.7 Å². The van der Waals surface area contributed by atoms with Crippen molar-refractivity contribution in [2.45, 2.75) is 117 Å². The SMILES string of the molecule is CC(C)(C)OC(=O)N1CCC(C(=O)O)CC1.Cc1cc(Cc2nc(N3CCCC(N)C3)cnc2C(N)=O)sn1.Cc1cc(Cc2nc(N3CCCC(NC(=O)C4CCNCC4)C3)cnc2C(N)=O)sn1. The van der Waals surface area contributed by atoms with Gasteiger partial charge in [0, 0.05) is 79.9 Å². The molecule has 4 saturated heterocycles. The lowest BCUT2D eigenvalue weighted by molar-refractivity contribution is -0.143. The number of carboxylic acid groups (broad SMARTS) is 1. The van der Waals surface area contributed by atoms with Gasteiger partial charge in [0.1, 0.15) is 28.6 Å². The van der Waals surface area contributed by atoms with Crippen LogP contribution in [-0.4, -0.2) is 139 Å². The Kier molecular flexibility index (Phi) is 18.9. The fraction of sp³-hybridized carbons (Fsp3) is 0.596. The molecule has 0 radical (unpaired) electrons. The highest BCUT2D eigenvalue weighted by Gasteiger charge is 2.31. The van der Waals surface area contributed by atoms with Gasteiger partial charge >= 0.3 is 12.1 Å². The van der Waals surface area contributed by atoms with Gasteiger partial charge in [0.15, 0.2) is 0 Å². The number of nitrogens with two attached hydrogens (primary N) is 3. The number of likely N-dealkylation sites (tertiary alicyclic amines) is 1. The Morgan fingerprint density at radius 3 is 1.73 bits per heavy atom. The molecule has 2 unspecified atom stereocenters. The first kappa shape index (κ1) is 53.4. The number of nitrogens with one attached hydrogen (secondary N) is 2. The Morgan fingerprint density at radius 1 is 0.757 bits per heavy atom. The lowest BCUT2D eigenvalue weighted by Gasteiger charge is -2.35. The molecule has 2 atom stereocenters. The van der Waals surface area contributed by atoms with E-state index in [2.05, 4.69) is 44.1 Å². The molecule has 0 aromatic carbocycles. The number of aliphatic carboxylic acids is 1. The first-order valence-electron chi connectivity index (χ1n) is 23.9. The zero-order chi connectivity index (χ0) is 50.5. The number of carbonyl (C=O) groups is 5. The second-order valence-corrected chi connectivity index (χ2v) is 21.0. The van der Waals surface area contributed by atoms with Gasteiger partial charge in [-0.05, 0) is 134 Å². The van der Waals surface area contributed by atoms with E-state index in [1.165, 1.54) is 23.1 Å². The summed E-state index contributed by atoms with van der Waals surface area (Å²) in [4.78, 5) is 84.4. The number of ether oxygens (including phenoxy) is 1. The third kappa shape index (κ3) is 15.8. The van der Waals surface area contributed by atoms with Crippen LogP contribution in [0.25, 0.3) is 0 Å². The smallest absolute Gasteiger partial charge is 0.410 e. The molecule has 23 heteroatoms. The second kappa shape index (κ2) is 24.8. The molecule has 21 nitrogen and oxygen atoms in total. The summed E-state index contributed by atoms with van der Waals surface area (Å²) in [6.45, 7) is 15.2. The van der Waals surface area contributed by atoms with Crippen LogP contribution < -0.4 is 37.6 Å². The van der Waals surface area contributed by atoms with Crippen molar-refractivity contribution in [1.82, 2.24) is 44.2 Å². The zero-order valence-electron chi connectivity index (χ0n) is 40.8. The van der Waals surface area contributed by atoms with E-state index < -0.39 is 23.4 Å². The van der Waals surface area contributed by atoms with Crippen molar-refractivity contribution in [3.8, 4) is 0 Å². The molecule has 0 bridgehead atoms. The Labute approximate surface area is 417 Å². The van der Waals surface area contributed by atoms with Gasteiger partial charge in [-0.3, -0.25) is 19.2 Å². The Balaban J connectivity index is 0.000000182. The maximum Gasteiger partial charge on any atom is 0.410 e. The molecular weight excluding hydrogens is 937 g/mol. The van der Waals surface area contributed by atoms with Crippen molar-refractivity contribution >= 4 is 64.5 Å². The number of primary amides is 2. The topological polar surface area (TPSA) is 304 Å². The average Bonchev–Trinajstić information content (AvgIpc) is 3.94. The Morgan fingerprint density at radius 2 is 1.27 bits per heavy atom. The van der Waals surface area contributed by atoms with Crippen LogP contribution in [0.1, 0.15) is 126 Å². The van der Waals surface area contributed by atoms with Crippen molar-refractivity contribution in [3.05, 3.63) is 68.4 Å². The van der Waals surface area contributed by atoms with E-state index in [0.29, 0.717) is 62.5 Å². The standard InChI is InChI=1S/C21H29N7O2S.C15H20N6OS.C11H19NO4/c1-13-9-16(31-27-13)10-17-19(20(22)29)24-11-18(26-17)28-8-2-3-15(12-28)25-21(30)14-4-6-23-7-5-14;1-9-5-11(23-20-9)6-12-14(15(17)22)18-7-13(19-12)21-4-2-3-10(16)8-21;1-11(2,3)16-10(15)12-6-4-8(5-7-12)9(13)14/h9,11,14-15,23H,2-8,10,12H2,1H3,(H2,22,29)(H,25,30);5,7,10H,2-4,6,8,16H2,1H3,(H2,17,22);8H,4-7H2,1-3H3,(H,13,14). The summed E-state index contributed by atoms with van der Waals surface area (Å²) < 4.78 is 13.8. The third-order valence-corrected chi connectivity index (χ3v) is 14.0. The van der Waals surface area contributed by atoms with Crippen LogP contribution in [0.5, 0.6) is 0 Å². The lowest BCUT2D eigenvalue weighted by Crippen LogP contribution is -2.50. The molecule has 4 fully saturated rings. The summed E-state index contributed by atoms with van der Waals surface area (Å²) in [6.07, 6.45) is 10.6. The van der Waals surface area contributed by atoms with E-state index in [4.69, 9.17) is 32.0 Å². The predicted octanol–water partition coefficient (Wildman–Crippen LogP) is 3.59. The number of anilines is 2. The predicted molar refractivity (Wildman–Crippen MR) is 267 cm³/mol. The van der Waals surface area contributed by atoms with Gasteiger partial charge in [0.05, 0.1) is 41.1 Å². The number of aromatic nitrogens is 6. The van der Waals surface area contributed by atoms with Crippen molar-refractivity contribution in [3.63, 3.8) is 0 Å². The molecule has 8 rings (SSSR count). The van der Waals surface area contributed by atoms with Crippen molar-refractivity contribution in [2.75, 3.05) is 62.2 Å². The zero-order valence-corrected chi connectivity index (χ0v) is 42.4. The van der Waals surface area contributed by atoms with Crippen LogP contribution in [0.15, 0.2) is 24.5 Å². The van der Waals surface area contributed by atoms with Gasteiger partial charge in [-0.15, -0.1) is 0 Å². The molecule has 380 valence electrons. The summed E-state index contributed by atoms with van der Waals surface area (Å²) in [5.41, 5.74) is 20.0. The minimum absolute atomic E-state index is 0.0846. The number of hydrogen-bond acceptors (Lipinski definition) is 18. The fourth-order valence-electron chi connectivity index (χ4n) is 8.69. The largest absolute Gasteiger partial charge is 0.481 e. The molecule has 0 spiro atoms. The van der Waals surface area contributed by atoms with Crippen molar-refractivity contribution < 1.29 is 33.8 Å². The fourth-order valence-corrected chi connectivity index (χ4v) is 10.2. The maximum atomic E-state index is 12.6. The highest BCUT2D eigenvalue weighted by molar-refractivity contribution is 7.06. The van der Waals surface area contributed by atoms with E-state index in [1.807, 2.05) is 46.8 Å². The van der Waals surface area contributed by atoms with Crippen LogP contribution in [0.4, 0.5) is 16.4 Å². The minimum atomic E-state index is -0.774. The highest BCUT2D eigenvalue weighted by Crippen LogP contribution is 2.25. The number of piperidine rings is 4. The monoisotopic (exact) mass is 1000 g/mol. The Bertz CT molecular complexity index is 2430. The van der Waals surface area contributed by atoms with Gasteiger partial charge in [-0.1, -0.05) is 0 Å². The first-order valence-corrected chi connectivity index (χ1v) is 25.5. The maximum absolute atomic E-state index is 12.6. The van der Waals surface area contributed by atoms with Crippen LogP contribution in [0.2, 0.25) is 0 Å². The molecule has 4 aliphatic rings. The normalized spacial score (nSPS) is 19.0. The van der Waals surface area contributed by atoms with Crippen molar-refractivity contribution in [1.29, 1.82) is 0 Å². The highest BCUT2D eigenvalue weighted by atomic mass is 32.1. The molecular formula is C47H68N14O7S2. The quantitative estimate of drug-likeness (QED) is 0.125. The molecule has 70 heavy (non-hydrogen) atoms. The number of rotatable bonds is 11. The molecule has 9 N–H and O–H groups in total. The lowest BCUT2D eigenvalue weighted by atomic mass is 9.96. The molecule has 4 aromatic heterocycles. The van der Waals surface area contributed by atoms with Gasteiger partial charge in [-0.2, -0.15) is 8.75 Å². The van der Waals surface area contributed by atoms with Gasteiger partial charge in [0.2, 0.25) is 5.91 Å². The second-order valence-electron chi connectivity index (χ2n) is 19.2. The summed E-state index contributed by atoms with van der Waals surface area (Å²) in [5, 5.41) is 15.4. The van der Waals surface area contributed by atoms with Crippen molar-refractivity contribution in [2.24, 2.45) is 29.0 Å². The van der Waals surface area contributed by atoms with E-state index >= 15 is 0 Å². The number of aryl methyl sites for hydroxylation is 2. The average molecular weight is 1010 g/mol. The summed E-state index contributed by atoms with van der Waals surface area (Å²) in [5.74, 6) is -0.520. The number of nitrogens with zero attached hydrogens (tertiary/aromatic N) is 9. The number of carbonyl (C=O) groups excluding carboxylic acids is 4. The van der Waals surface area contributed by atoms with Crippen LogP contribution in [0.3, 0.4) is 0 Å². The molecule has 0 saturated carbocycles. The molecule has 8 heterocycles. The van der Waals surface area contributed by atoms with E-state index in [-0.39, 0.29) is 47.3 Å². The summed E-state index contributed by atoms with van der Waals surface area (Å²) >= 11 is 2.79. The minimum Gasteiger partial charge on any atom is -0.481 e. The third-order valence-electron chi connectivity index (χ3n) is 12.2. The van der Waals surface area contributed by atoms with Crippen LogP contribution >= 0.6 is 23.1 Å². The summed E-state index contributed by atoms with van der Waals surface area (Å²) in [6, 6.07) is 4.20. The first-order chi connectivity index (χ1) is 33.3. The molecule has 4 aromatic rings. The summed E-state index contributed by atoms with van der Waals surface area (Å²) in [7, 11) is 0. The van der Waals surface area contributed by atoms with Gasteiger partial charge < -0.3 is 52.4 Å². The van der Waals surface area contributed by atoms with E-state index in [1.54, 1.807) is 17.3 Å². The van der Waals surface area contributed by atoms with E-state index in [9.17, 15) is 24.0 Å². The number of hydrogen-bond donors (Lipinski definition) is 6. The van der Waals surface area contributed by atoms with Gasteiger partial charge in [0.25, 0.3) is 11.8 Å².